The monoisotopic (exact) mass is 347 g/mol. The third-order valence-corrected chi connectivity index (χ3v) is 5.19. The van der Waals surface area contributed by atoms with E-state index in [4.69, 9.17) is 0 Å². The summed E-state index contributed by atoms with van der Waals surface area (Å²) < 4.78 is 0. The van der Waals surface area contributed by atoms with Crippen molar-refractivity contribution in [3.63, 3.8) is 0 Å². The summed E-state index contributed by atoms with van der Waals surface area (Å²) >= 11 is 2.98. The normalized spacial score (nSPS) is 13.4. The summed E-state index contributed by atoms with van der Waals surface area (Å²) in [7, 11) is 0. The van der Waals surface area contributed by atoms with Crippen molar-refractivity contribution >= 4 is 46.4 Å². The van der Waals surface area contributed by atoms with Crippen LogP contribution in [-0.2, 0) is 0 Å². The number of hydrogen-bond donors (Lipinski definition) is 3. The molecular weight excluding hydrogens is 330 g/mol. The molecule has 3 rings (SSSR count). The zero-order valence-corrected chi connectivity index (χ0v) is 14.2. The molecule has 120 valence electrons. The Morgan fingerprint density at radius 2 is 1.74 bits per heavy atom. The largest absolute Gasteiger partial charge is 0.335 e. The minimum Gasteiger partial charge on any atom is -0.335 e. The van der Waals surface area contributed by atoms with Crippen LogP contribution in [0.4, 0.5) is 16.2 Å². The van der Waals surface area contributed by atoms with Gasteiger partial charge in [-0.2, -0.15) is 0 Å². The van der Waals surface area contributed by atoms with Gasteiger partial charge in [-0.25, -0.2) is 4.79 Å². The van der Waals surface area contributed by atoms with E-state index in [1.54, 1.807) is 36.0 Å². The van der Waals surface area contributed by atoms with Crippen LogP contribution in [0.25, 0.3) is 0 Å². The fraction of sp³-hybridized carbons (Fsp3) is 0.250. The predicted octanol–water partition coefficient (Wildman–Crippen LogP) is 4.01. The van der Waals surface area contributed by atoms with Gasteiger partial charge >= 0.3 is 6.03 Å². The zero-order chi connectivity index (χ0) is 16.2. The van der Waals surface area contributed by atoms with Crippen LogP contribution in [0.3, 0.4) is 0 Å². The lowest BCUT2D eigenvalue weighted by molar-refractivity contribution is 0.102. The lowest BCUT2D eigenvalue weighted by Gasteiger charge is -2.08. The minimum absolute atomic E-state index is 0.114. The highest BCUT2D eigenvalue weighted by molar-refractivity contribution is 7.98. The quantitative estimate of drug-likeness (QED) is 0.716. The van der Waals surface area contributed by atoms with Crippen LogP contribution in [0.5, 0.6) is 0 Å². The first-order valence-corrected chi connectivity index (χ1v) is 9.36. The van der Waals surface area contributed by atoms with Gasteiger partial charge in [0, 0.05) is 22.3 Å². The van der Waals surface area contributed by atoms with Crippen LogP contribution in [-0.4, -0.2) is 24.2 Å². The van der Waals surface area contributed by atoms with E-state index in [2.05, 4.69) is 16.0 Å². The number of carbonyl (C=O) groups excluding carboxylic acids is 2. The number of urea groups is 1. The van der Waals surface area contributed by atoms with Crippen LogP contribution in [0.15, 0.2) is 40.6 Å². The number of carbonyl (C=O) groups is 2. The van der Waals surface area contributed by atoms with E-state index < -0.39 is 0 Å². The van der Waals surface area contributed by atoms with Crippen LogP contribution in [0.1, 0.15) is 22.5 Å². The second-order valence-corrected chi connectivity index (χ2v) is 6.99. The second kappa shape index (κ2) is 7.06. The van der Waals surface area contributed by atoms with Gasteiger partial charge < -0.3 is 16.0 Å². The molecule has 1 fully saturated rings. The third-order valence-electron chi connectivity index (χ3n) is 3.37. The molecule has 0 bridgehead atoms. The van der Waals surface area contributed by atoms with Crippen LogP contribution < -0.4 is 16.0 Å². The highest BCUT2D eigenvalue weighted by atomic mass is 32.2. The molecule has 1 heterocycles. The Morgan fingerprint density at radius 3 is 2.35 bits per heavy atom. The Morgan fingerprint density at radius 1 is 1.09 bits per heavy atom. The molecule has 23 heavy (non-hydrogen) atoms. The van der Waals surface area contributed by atoms with Gasteiger partial charge in [0.1, 0.15) is 4.88 Å². The van der Waals surface area contributed by atoms with Crippen LogP contribution in [0.2, 0.25) is 0 Å². The molecule has 3 amide bonds. The SMILES string of the molecule is CSc1ccsc1C(=O)Nc1ccc(NC(=O)NC2CC2)cc1. The van der Waals surface area contributed by atoms with Gasteiger partial charge in [-0.3, -0.25) is 4.79 Å². The molecule has 0 spiro atoms. The van der Waals surface area contributed by atoms with E-state index in [9.17, 15) is 9.59 Å². The summed E-state index contributed by atoms with van der Waals surface area (Å²) in [6.45, 7) is 0. The molecule has 0 saturated heterocycles. The van der Waals surface area contributed by atoms with Crippen molar-refractivity contribution in [1.29, 1.82) is 0 Å². The first-order chi connectivity index (χ1) is 11.2. The maximum absolute atomic E-state index is 12.3. The Balaban J connectivity index is 1.58. The maximum atomic E-state index is 12.3. The van der Waals surface area contributed by atoms with Crippen molar-refractivity contribution < 1.29 is 9.59 Å². The van der Waals surface area contributed by atoms with Gasteiger partial charge in [0.15, 0.2) is 0 Å². The lowest BCUT2D eigenvalue weighted by atomic mass is 10.2. The van der Waals surface area contributed by atoms with Crippen LogP contribution >= 0.6 is 23.1 Å². The second-order valence-electron chi connectivity index (χ2n) is 5.22. The summed E-state index contributed by atoms with van der Waals surface area (Å²) in [5.74, 6) is -0.114. The number of benzene rings is 1. The average Bonchev–Trinajstić information content (AvgIpc) is 3.21. The van der Waals surface area contributed by atoms with E-state index in [1.165, 1.54) is 11.3 Å². The summed E-state index contributed by atoms with van der Waals surface area (Å²) in [4.78, 5) is 25.6. The molecule has 5 nitrogen and oxygen atoms in total. The fourth-order valence-electron chi connectivity index (χ4n) is 2.03. The van der Waals surface area contributed by atoms with E-state index in [-0.39, 0.29) is 11.9 Å². The smallest absolute Gasteiger partial charge is 0.319 e. The summed E-state index contributed by atoms with van der Waals surface area (Å²) in [5.41, 5.74) is 1.39. The van der Waals surface area contributed by atoms with E-state index in [1.807, 2.05) is 17.7 Å². The maximum Gasteiger partial charge on any atom is 0.319 e. The average molecular weight is 347 g/mol. The number of anilines is 2. The van der Waals surface area contributed by atoms with Crippen molar-refractivity contribution in [3.05, 3.63) is 40.6 Å². The van der Waals surface area contributed by atoms with Crippen molar-refractivity contribution in [3.8, 4) is 0 Å². The molecule has 1 aromatic heterocycles. The molecule has 0 radical (unpaired) electrons. The number of amides is 3. The molecule has 0 aliphatic heterocycles. The first kappa shape index (κ1) is 15.9. The van der Waals surface area contributed by atoms with Crippen LogP contribution in [0, 0.1) is 0 Å². The Kier molecular flexibility index (Phi) is 4.88. The van der Waals surface area contributed by atoms with Gasteiger partial charge in [0.25, 0.3) is 5.91 Å². The molecule has 1 aliphatic rings. The Labute approximate surface area is 142 Å². The number of thiophene rings is 1. The van der Waals surface area contributed by atoms with Gasteiger partial charge in [0.05, 0.1) is 0 Å². The summed E-state index contributed by atoms with van der Waals surface area (Å²) in [6, 6.07) is 9.17. The molecular formula is C16H17N3O2S2. The molecule has 0 unspecified atom stereocenters. The van der Waals surface area contributed by atoms with E-state index in [0.29, 0.717) is 22.3 Å². The molecule has 1 aromatic carbocycles. The Hall–Kier alpha value is -1.99. The number of hydrogen-bond acceptors (Lipinski definition) is 4. The Bertz CT molecular complexity index is 708. The molecule has 0 atom stereocenters. The molecule has 1 aliphatic carbocycles. The first-order valence-electron chi connectivity index (χ1n) is 7.26. The highest BCUT2D eigenvalue weighted by Gasteiger charge is 2.23. The van der Waals surface area contributed by atoms with Gasteiger partial charge in [0.2, 0.25) is 0 Å². The lowest BCUT2D eigenvalue weighted by Crippen LogP contribution is -2.30. The van der Waals surface area contributed by atoms with Crippen molar-refractivity contribution in [2.24, 2.45) is 0 Å². The summed E-state index contributed by atoms with van der Waals surface area (Å²) in [6.07, 6.45) is 4.06. The fourth-order valence-corrected chi connectivity index (χ4v) is 3.67. The summed E-state index contributed by atoms with van der Waals surface area (Å²) in [5, 5.41) is 10.4. The van der Waals surface area contributed by atoms with Crippen molar-refractivity contribution in [2.75, 3.05) is 16.9 Å². The predicted molar refractivity (Wildman–Crippen MR) is 95.7 cm³/mol. The minimum atomic E-state index is -0.188. The van der Waals surface area contributed by atoms with Crippen molar-refractivity contribution in [2.45, 2.75) is 23.8 Å². The third kappa shape index (κ3) is 4.27. The van der Waals surface area contributed by atoms with E-state index >= 15 is 0 Å². The molecule has 3 N–H and O–H groups in total. The van der Waals surface area contributed by atoms with Gasteiger partial charge in [-0.05, 0) is 54.8 Å². The van der Waals surface area contributed by atoms with Gasteiger partial charge in [-0.15, -0.1) is 23.1 Å². The van der Waals surface area contributed by atoms with E-state index in [0.717, 1.165) is 17.7 Å². The standard InChI is InChI=1S/C16H17N3O2S2/c1-22-13-8-9-23-14(13)15(20)17-10-2-4-11(5-3-10)18-16(21)19-12-6-7-12/h2-5,8-9,12H,6-7H2,1H3,(H,17,20)(H2,18,19,21). The number of rotatable bonds is 5. The van der Waals surface area contributed by atoms with Gasteiger partial charge in [-0.1, -0.05) is 0 Å². The van der Waals surface area contributed by atoms with Crippen molar-refractivity contribution in [1.82, 2.24) is 5.32 Å². The molecule has 1 saturated carbocycles. The number of thioether (sulfide) groups is 1. The topological polar surface area (TPSA) is 70.2 Å². The molecule has 7 heteroatoms. The number of nitrogens with one attached hydrogen (secondary N) is 3. The zero-order valence-electron chi connectivity index (χ0n) is 12.6. The highest BCUT2D eigenvalue weighted by Crippen LogP contribution is 2.26. The molecule has 2 aromatic rings.